The number of ether oxygens (including phenoxy) is 1. The fourth-order valence-corrected chi connectivity index (χ4v) is 4.08. The van der Waals surface area contributed by atoms with Crippen LogP contribution < -0.4 is 0 Å². The van der Waals surface area contributed by atoms with Crippen molar-refractivity contribution in [3.63, 3.8) is 0 Å². The van der Waals surface area contributed by atoms with E-state index in [0.717, 1.165) is 24.2 Å². The molecule has 3 rings (SSSR count). The van der Waals surface area contributed by atoms with Crippen molar-refractivity contribution in [3.8, 4) is 0 Å². The van der Waals surface area contributed by atoms with Crippen molar-refractivity contribution in [1.82, 2.24) is 0 Å². The third-order valence-corrected chi connectivity index (χ3v) is 4.66. The lowest BCUT2D eigenvalue weighted by atomic mass is 9.83. The molecule has 2 saturated carbocycles. The summed E-state index contributed by atoms with van der Waals surface area (Å²) < 4.78 is 6.12. The molecular formula is C14H22O. The molecule has 3 aliphatic rings. The van der Waals surface area contributed by atoms with Crippen LogP contribution in [0.1, 0.15) is 46.0 Å². The number of hydrogen-bond acceptors (Lipinski definition) is 1. The summed E-state index contributed by atoms with van der Waals surface area (Å²) in [5, 5.41) is 0. The van der Waals surface area contributed by atoms with Gasteiger partial charge < -0.3 is 4.74 Å². The van der Waals surface area contributed by atoms with Crippen molar-refractivity contribution in [2.75, 3.05) is 0 Å². The van der Waals surface area contributed by atoms with Gasteiger partial charge in [-0.15, -0.1) is 0 Å². The maximum absolute atomic E-state index is 6.12. The minimum absolute atomic E-state index is 0.444. The molecule has 2 aliphatic carbocycles. The highest BCUT2D eigenvalue weighted by Gasteiger charge is 2.43. The van der Waals surface area contributed by atoms with Gasteiger partial charge in [0.25, 0.3) is 0 Å². The third-order valence-electron chi connectivity index (χ3n) is 4.66. The molecule has 2 fully saturated rings. The van der Waals surface area contributed by atoms with Gasteiger partial charge in [-0.1, -0.05) is 18.1 Å². The van der Waals surface area contributed by atoms with E-state index >= 15 is 0 Å². The number of rotatable bonds is 1. The Kier molecular flexibility index (Phi) is 2.39. The summed E-state index contributed by atoms with van der Waals surface area (Å²) >= 11 is 0. The Morgan fingerprint density at radius 2 is 2.13 bits per heavy atom. The molecule has 5 unspecified atom stereocenters. The van der Waals surface area contributed by atoms with Crippen LogP contribution in [0.4, 0.5) is 0 Å². The van der Waals surface area contributed by atoms with Gasteiger partial charge in [0.1, 0.15) is 0 Å². The molecule has 5 atom stereocenters. The van der Waals surface area contributed by atoms with Gasteiger partial charge in [-0.05, 0) is 57.3 Å². The molecular weight excluding hydrogens is 184 g/mol. The Morgan fingerprint density at radius 3 is 2.73 bits per heavy atom. The topological polar surface area (TPSA) is 9.23 Å². The molecule has 0 aromatic carbocycles. The largest absolute Gasteiger partial charge is 0.371 e. The second-order valence-electron chi connectivity index (χ2n) is 5.97. The van der Waals surface area contributed by atoms with Gasteiger partial charge >= 0.3 is 0 Å². The minimum atomic E-state index is 0.444. The van der Waals surface area contributed by atoms with E-state index in [-0.39, 0.29) is 0 Å². The van der Waals surface area contributed by atoms with E-state index in [1.54, 1.807) is 5.57 Å². The van der Waals surface area contributed by atoms with Crippen molar-refractivity contribution in [3.05, 3.63) is 11.6 Å². The van der Waals surface area contributed by atoms with Crippen LogP contribution in [-0.4, -0.2) is 12.2 Å². The first-order valence-corrected chi connectivity index (χ1v) is 6.55. The standard InChI is InChI=1S/C14H22O/c1-9-5-10(2)15-14(6-9)13-8-11-3-4-12(13)7-11/h6,10-14H,3-5,7-8H2,1-2H3. The lowest BCUT2D eigenvalue weighted by molar-refractivity contribution is -0.0292. The zero-order valence-corrected chi connectivity index (χ0v) is 9.91. The summed E-state index contributed by atoms with van der Waals surface area (Å²) in [5.74, 6) is 2.87. The van der Waals surface area contributed by atoms with Gasteiger partial charge in [0.15, 0.2) is 0 Å². The monoisotopic (exact) mass is 206 g/mol. The minimum Gasteiger partial charge on any atom is -0.371 e. The van der Waals surface area contributed by atoms with Crippen molar-refractivity contribution >= 4 is 0 Å². The highest BCUT2D eigenvalue weighted by atomic mass is 16.5. The maximum Gasteiger partial charge on any atom is 0.0792 e. The summed E-state index contributed by atoms with van der Waals surface area (Å²) in [4.78, 5) is 0. The van der Waals surface area contributed by atoms with Gasteiger partial charge in [-0.25, -0.2) is 0 Å². The van der Waals surface area contributed by atoms with E-state index in [2.05, 4.69) is 19.9 Å². The molecule has 84 valence electrons. The van der Waals surface area contributed by atoms with Crippen molar-refractivity contribution in [2.45, 2.75) is 58.2 Å². The second-order valence-corrected chi connectivity index (χ2v) is 5.97. The molecule has 0 N–H and O–H groups in total. The van der Waals surface area contributed by atoms with Crippen LogP contribution in [0.5, 0.6) is 0 Å². The molecule has 1 nitrogen and oxygen atoms in total. The van der Waals surface area contributed by atoms with Gasteiger partial charge in [0, 0.05) is 0 Å². The summed E-state index contributed by atoms with van der Waals surface area (Å²) in [5.41, 5.74) is 1.54. The number of hydrogen-bond donors (Lipinski definition) is 0. The van der Waals surface area contributed by atoms with Gasteiger partial charge in [0.2, 0.25) is 0 Å². The molecule has 1 aliphatic heterocycles. The molecule has 0 aromatic rings. The molecule has 2 bridgehead atoms. The third kappa shape index (κ3) is 1.75. The lowest BCUT2D eigenvalue weighted by Gasteiger charge is -2.34. The molecule has 0 aromatic heterocycles. The smallest absolute Gasteiger partial charge is 0.0792 e. The summed E-state index contributed by atoms with van der Waals surface area (Å²) in [6.45, 7) is 4.48. The molecule has 15 heavy (non-hydrogen) atoms. The van der Waals surface area contributed by atoms with E-state index in [1.807, 2.05) is 0 Å². The predicted molar refractivity (Wildman–Crippen MR) is 61.6 cm³/mol. The molecule has 0 spiro atoms. The first kappa shape index (κ1) is 9.89. The predicted octanol–water partition coefficient (Wildman–Crippen LogP) is 3.55. The highest BCUT2D eigenvalue weighted by Crippen LogP contribution is 2.51. The van der Waals surface area contributed by atoms with Crippen LogP contribution in [0.15, 0.2) is 11.6 Å². The second kappa shape index (κ2) is 3.62. The average Bonchev–Trinajstić information content (AvgIpc) is 2.76. The molecule has 1 heterocycles. The highest BCUT2D eigenvalue weighted by molar-refractivity contribution is 5.10. The molecule has 0 amide bonds. The Labute approximate surface area is 92.9 Å². The van der Waals surface area contributed by atoms with Crippen LogP contribution in [0.2, 0.25) is 0 Å². The van der Waals surface area contributed by atoms with Gasteiger partial charge in [-0.2, -0.15) is 0 Å². The first-order valence-electron chi connectivity index (χ1n) is 6.55. The van der Waals surface area contributed by atoms with E-state index in [9.17, 15) is 0 Å². The summed E-state index contributed by atoms with van der Waals surface area (Å²) in [6, 6.07) is 0. The van der Waals surface area contributed by atoms with Crippen molar-refractivity contribution < 1.29 is 4.74 Å². The fourth-order valence-electron chi connectivity index (χ4n) is 4.08. The quantitative estimate of drug-likeness (QED) is 0.596. The maximum atomic E-state index is 6.12. The van der Waals surface area contributed by atoms with Crippen molar-refractivity contribution in [2.24, 2.45) is 17.8 Å². The first-order chi connectivity index (χ1) is 7.22. The van der Waals surface area contributed by atoms with Crippen LogP contribution >= 0.6 is 0 Å². The van der Waals surface area contributed by atoms with E-state index in [0.29, 0.717) is 12.2 Å². The van der Waals surface area contributed by atoms with Gasteiger partial charge in [0.05, 0.1) is 12.2 Å². The Morgan fingerprint density at radius 1 is 1.27 bits per heavy atom. The van der Waals surface area contributed by atoms with Crippen LogP contribution in [0.25, 0.3) is 0 Å². The van der Waals surface area contributed by atoms with Gasteiger partial charge in [-0.3, -0.25) is 0 Å². The molecule has 1 heteroatoms. The van der Waals surface area contributed by atoms with Crippen molar-refractivity contribution in [1.29, 1.82) is 0 Å². The summed E-state index contributed by atoms with van der Waals surface area (Å²) in [6.07, 6.45) is 10.3. The SMILES string of the molecule is CC1=CC(C2CC3CCC2C3)OC(C)C1. The Bertz CT molecular complexity index is 281. The van der Waals surface area contributed by atoms with Crippen LogP contribution in [0.3, 0.4) is 0 Å². The molecule has 0 saturated heterocycles. The lowest BCUT2D eigenvalue weighted by Crippen LogP contribution is -2.33. The van der Waals surface area contributed by atoms with E-state index in [4.69, 9.17) is 4.74 Å². The Balaban J connectivity index is 1.74. The van der Waals surface area contributed by atoms with E-state index < -0.39 is 0 Å². The molecule has 0 radical (unpaired) electrons. The Hall–Kier alpha value is -0.300. The van der Waals surface area contributed by atoms with Crippen LogP contribution in [0, 0.1) is 17.8 Å². The fraction of sp³-hybridized carbons (Fsp3) is 0.857. The zero-order valence-electron chi connectivity index (χ0n) is 9.91. The zero-order chi connectivity index (χ0) is 10.4. The average molecular weight is 206 g/mol. The normalized spacial score (nSPS) is 49.5. The summed E-state index contributed by atoms with van der Waals surface area (Å²) in [7, 11) is 0. The van der Waals surface area contributed by atoms with Crippen LogP contribution in [-0.2, 0) is 4.74 Å². The van der Waals surface area contributed by atoms with E-state index in [1.165, 1.54) is 25.7 Å². The number of fused-ring (bicyclic) bond motifs is 2.